The molecule has 0 unspecified atom stereocenters. The first-order chi connectivity index (χ1) is 5.40. The van der Waals surface area contributed by atoms with Gasteiger partial charge in [-0.05, 0) is 0 Å². The van der Waals surface area contributed by atoms with Crippen LogP contribution in [0.5, 0.6) is 0 Å². The average molecular weight is 152 g/mol. The fraction of sp³-hybridized carbons (Fsp3) is 0.429. The van der Waals surface area contributed by atoms with Crippen molar-refractivity contribution in [1.29, 1.82) is 0 Å². The normalized spacial score (nSPS) is 16.0. The molecule has 58 valence electrons. The van der Waals surface area contributed by atoms with E-state index in [0.29, 0.717) is 18.9 Å². The lowest BCUT2D eigenvalue weighted by atomic mass is 10.5. The molecule has 0 bridgehead atoms. The van der Waals surface area contributed by atoms with Crippen molar-refractivity contribution in [2.24, 2.45) is 0 Å². The van der Waals surface area contributed by atoms with E-state index in [-0.39, 0.29) is 0 Å². The first-order valence-corrected chi connectivity index (χ1v) is 3.49. The Morgan fingerprint density at radius 2 is 2.64 bits per heavy atom. The minimum atomic E-state index is 0.491. The summed E-state index contributed by atoms with van der Waals surface area (Å²) in [6, 6.07) is 0. The first-order valence-electron chi connectivity index (χ1n) is 3.49. The highest BCUT2D eigenvalue weighted by molar-refractivity contribution is 5.71. The third kappa shape index (κ3) is 1.05. The second kappa shape index (κ2) is 2.47. The molecule has 0 saturated heterocycles. The molecule has 1 aliphatic rings. The van der Waals surface area contributed by atoms with Crippen LogP contribution in [-0.2, 0) is 17.9 Å². The number of carbonyl (C=O) groups is 1. The standard InChI is InChI=1S/C7H8N2O2/c10-4-6-3-9-1-2-11-5-7(9)8-6/h3-4H,1-2,5H2. The van der Waals surface area contributed by atoms with Crippen molar-refractivity contribution in [2.45, 2.75) is 13.2 Å². The summed E-state index contributed by atoms with van der Waals surface area (Å²) in [5.41, 5.74) is 0.491. The van der Waals surface area contributed by atoms with E-state index >= 15 is 0 Å². The highest BCUT2D eigenvalue weighted by Gasteiger charge is 2.11. The number of aromatic nitrogens is 2. The first kappa shape index (κ1) is 6.54. The Morgan fingerprint density at radius 3 is 3.36 bits per heavy atom. The number of carbonyl (C=O) groups excluding carboxylic acids is 1. The summed E-state index contributed by atoms with van der Waals surface area (Å²) in [5, 5.41) is 0. The molecule has 0 N–H and O–H groups in total. The lowest BCUT2D eigenvalue weighted by molar-refractivity contribution is 0.0816. The van der Waals surface area contributed by atoms with E-state index in [9.17, 15) is 4.79 Å². The van der Waals surface area contributed by atoms with Crippen LogP contribution in [0, 0.1) is 0 Å². The molecule has 0 spiro atoms. The molecule has 4 nitrogen and oxygen atoms in total. The zero-order valence-corrected chi connectivity index (χ0v) is 5.99. The predicted octanol–water partition coefficient (Wildman–Crippen LogP) is 0.226. The van der Waals surface area contributed by atoms with E-state index in [1.54, 1.807) is 6.20 Å². The Kier molecular flexibility index (Phi) is 1.47. The smallest absolute Gasteiger partial charge is 0.170 e. The molecule has 0 saturated carbocycles. The SMILES string of the molecule is O=Cc1cn2c(n1)COCC2. The number of ether oxygens (including phenoxy) is 1. The van der Waals surface area contributed by atoms with Crippen LogP contribution in [0.4, 0.5) is 0 Å². The molecule has 1 aromatic heterocycles. The van der Waals surface area contributed by atoms with Crippen molar-refractivity contribution in [3.05, 3.63) is 17.7 Å². The fourth-order valence-corrected chi connectivity index (χ4v) is 1.17. The van der Waals surface area contributed by atoms with Crippen molar-refractivity contribution in [2.75, 3.05) is 6.61 Å². The maximum absolute atomic E-state index is 10.3. The highest BCUT2D eigenvalue weighted by atomic mass is 16.5. The summed E-state index contributed by atoms with van der Waals surface area (Å²) >= 11 is 0. The van der Waals surface area contributed by atoms with Crippen molar-refractivity contribution in [3.63, 3.8) is 0 Å². The third-order valence-electron chi connectivity index (χ3n) is 1.71. The minimum absolute atomic E-state index is 0.491. The van der Waals surface area contributed by atoms with Gasteiger partial charge in [0.25, 0.3) is 0 Å². The summed E-state index contributed by atoms with van der Waals surface area (Å²) < 4.78 is 7.11. The number of aldehydes is 1. The van der Waals surface area contributed by atoms with Crippen LogP contribution in [0.2, 0.25) is 0 Å². The third-order valence-corrected chi connectivity index (χ3v) is 1.71. The fourth-order valence-electron chi connectivity index (χ4n) is 1.17. The molecule has 0 radical (unpaired) electrons. The second-order valence-corrected chi connectivity index (χ2v) is 2.45. The average Bonchev–Trinajstić information content (AvgIpc) is 2.46. The summed E-state index contributed by atoms with van der Waals surface area (Å²) in [4.78, 5) is 14.3. The van der Waals surface area contributed by atoms with E-state index in [2.05, 4.69) is 4.98 Å². The molecular formula is C7H8N2O2. The molecule has 0 aromatic carbocycles. The van der Waals surface area contributed by atoms with E-state index in [0.717, 1.165) is 18.7 Å². The number of rotatable bonds is 1. The molecule has 11 heavy (non-hydrogen) atoms. The number of imidazole rings is 1. The van der Waals surface area contributed by atoms with Gasteiger partial charge in [0.2, 0.25) is 0 Å². The largest absolute Gasteiger partial charge is 0.372 e. The zero-order valence-electron chi connectivity index (χ0n) is 5.99. The monoisotopic (exact) mass is 152 g/mol. The Labute approximate surface area is 63.8 Å². The van der Waals surface area contributed by atoms with Crippen molar-refractivity contribution < 1.29 is 9.53 Å². The lowest BCUT2D eigenvalue weighted by Crippen LogP contribution is -2.15. The van der Waals surface area contributed by atoms with Crippen LogP contribution in [-0.4, -0.2) is 22.4 Å². The topological polar surface area (TPSA) is 44.1 Å². The molecule has 2 heterocycles. The molecule has 4 heteroatoms. The molecule has 0 aliphatic carbocycles. The van der Waals surface area contributed by atoms with Crippen LogP contribution >= 0.6 is 0 Å². The van der Waals surface area contributed by atoms with Crippen LogP contribution in [0.1, 0.15) is 16.3 Å². The summed E-state index contributed by atoms with van der Waals surface area (Å²) in [7, 11) is 0. The zero-order chi connectivity index (χ0) is 7.68. The molecule has 2 rings (SSSR count). The number of hydrogen-bond donors (Lipinski definition) is 0. The minimum Gasteiger partial charge on any atom is -0.372 e. The van der Waals surface area contributed by atoms with Gasteiger partial charge < -0.3 is 9.30 Å². The summed E-state index contributed by atoms with van der Waals surface area (Å²) in [5.74, 6) is 0.846. The summed E-state index contributed by atoms with van der Waals surface area (Å²) in [6.45, 7) is 2.03. The molecule has 1 aromatic rings. The number of hydrogen-bond acceptors (Lipinski definition) is 3. The maximum atomic E-state index is 10.3. The van der Waals surface area contributed by atoms with Crippen molar-refractivity contribution in [3.8, 4) is 0 Å². The van der Waals surface area contributed by atoms with Crippen molar-refractivity contribution in [1.82, 2.24) is 9.55 Å². The van der Waals surface area contributed by atoms with Crippen LogP contribution in [0.25, 0.3) is 0 Å². The Morgan fingerprint density at radius 1 is 1.73 bits per heavy atom. The van der Waals surface area contributed by atoms with Gasteiger partial charge in [-0.15, -0.1) is 0 Å². The number of nitrogens with zero attached hydrogens (tertiary/aromatic N) is 2. The van der Waals surface area contributed by atoms with E-state index in [1.165, 1.54) is 0 Å². The van der Waals surface area contributed by atoms with Gasteiger partial charge in [0.05, 0.1) is 6.61 Å². The quantitative estimate of drug-likeness (QED) is 0.541. The molecule has 1 aliphatic heterocycles. The second-order valence-electron chi connectivity index (χ2n) is 2.45. The van der Waals surface area contributed by atoms with Crippen LogP contribution in [0.3, 0.4) is 0 Å². The number of fused-ring (bicyclic) bond motifs is 1. The van der Waals surface area contributed by atoms with E-state index in [4.69, 9.17) is 4.74 Å². The van der Waals surface area contributed by atoms with E-state index in [1.807, 2.05) is 4.57 Å². The van der Waals surface area contributed by atoms with Gasteiger partial charge in [0.15, 0.2) is 6.29 Å². The van der Waals surface area contributed by atoms with Gasteiger partial charge in [-0.3, -0.25) is 4.79 Å². The van der Waals surface area contributed by atoms with Gasteiger partial charge in [0, 0.05) is 12.7 Å². The maximum Gasteiger partial charge on any atom is 0.170 e. The van der Waals surface area contributed by atoms with Gasteiger partial charge in [-0.1, -0.05) is 0 Å². The Hall–Kier alpha value is -1.16. The Balaban J connectivity index is 2.39. The lowest BCUT2D eigenvalue weighted by Gasteiger charge is -2.13. The molecule has 0 fully saturated rings. The van der Waals surface area contributed by atoms with Gasteiger partial charge >= 0.3 is 0 Å². The van der Waals surface area contributed by atoms with Crippen LogP contribution in [0.15, 0.2) is 6.20 Å². The summed E-state index contributed by atoms with van der Waals surface area (Å²) in [6.07, 6.45) is 2.51. The van der Waals surface area contributed by atoms with Gasteiger partial charge in [0.1, 0.15) is 18.1 Å². The van der Waals surface area contributed by atoms with Crippen LogP contribution < -0.4 is 0 Å². The Bertz CT molecular complexity index is 256. The van der Waals surface area contributed by atoms with Crippen molar-refractivity contribution >= 4 is 6.29 Å². The predicted molar refractivity (Wildman–Crippen MR) is 37.3 cm³/mol. The molecule has 0 atom stereocenters. The van der Waals surface area contributed by atoms with E-state index < -0.39 is 0 Å². The molecular weight excluding hydrogens is 144 g/mol. The highest BCUT2D eigenvalue weighted by Crippen LogP contribution is 2.07. The molecule has 0 amide bonds. The van der Waals surface area contributed by atoms with Gasteiger partial charge in [-0.2, -0.15) is 0 Å². The van der Waals surface area contributed by atoms with Gasteiger partial charge in [-0.25, -0.2) is 4.98 Å².